The Morgan fingerprint density at radius 2 is 2.14 bits per heavy atom. The third kappa shape index (κ3) is 2.47. The standard InChI is InChI=1S/C10H12O4/c1-7(10(12)14-13)6-8-4-2-3-5-9(8)11/h2-5,7,11,13H,6H2,1H3. The third-order valence-electron chi connectivity index (χ3n) is 2.01. The lowest BCUT2D eigenvalue weighted by atomic mass is 10.0. The van der Waals surface area contributed by atoms with Crippen LogP contribution in [0.4, 0.5) is 0 Å². The number of carbonyl (C=O) groups is 1. The molecule has 1 rings (SSSR count). The van der Waals surface area contributed by atoms with Gasteiger partial charge in [-0.3, -0.25) is 0 Å². The van der Waals surface area contributed by atoms with Crippen LogP contribution in [0.25, 0.3) is 0 Å². The van der Waals surface area contributed by atoms with E-state index in [9.17, 15) is 9.90 Å². The van der Waals surface area contributed by atoms with Gasteiger partial charge in [0, 0.05) is 0 Å². The molecule has 2 N–H and O–H groups in total. The molecule has 0 spiro atoms. The highest BCUT2D eigenvalue weighted by Gasteiger charge is 2.16. The van der Waals surface area contributed by atoms with E-state index >= 15 is 0 Å². The summed E-state index contributed by atoms with van der Waals surface area (Å²) in [5.74, 6) is -1.04. The van der Waals surface area contributed by atoms with Crippen molar-refractivity contribution in [1.82, 2.24) is 0 Å². The third-order valence-corrected chi connectivity index (χ3v) is 2.01. The van der Waals surface area contributed by atoms with Crippen molar-refractivity contribution in [2.45, 2.75) is 13.3 Å². The van der Waals surface area contributed by atoms with Crippen molar-refractivity contribution in [2.24, 2.45) is 5.92 Å². The van der Waals surface area contributed by atoms with Crippen molar-refractivity contribution in [3.05, 3.63) is 29.8 Å². The first kappa shape index (κ1) is 10.5. The fourth-order valence-corrected chi connectivity index (χ4v) is 1.19. The molecule has 0 radical (unpaired) electrons. The number of hydrogen-bond donors (Lipinski definition) is 2. The van der Waals surface area contributed by atoms with Gasteiger partial charge in [-0.05, 0) is 18.1 Å². The molecule has 0 aliphatic heterocycles. The highest BCUT2D eigenvalue weighted by molar-refractivity contribution is 5.71. The maximum atomic E-state index is 10.9. The molecule has 76 valence electrons. The summed E-state index contributed by atoms with van der Waals surface area (Å²) in [7, 11) is 0. The predicted octanol–water partition coefficient (Wildman–Crippen LogP) is 1.59. The molecule has 0 saturated carbocycles. The Hall–Kier alpha value is -1.55. The highest BCUT2D eigenvalue weighted by Crippen LogP contribution is 2.19. The van der Waals surface area contributed by atoms with Gasteiger partial charge in [0.2, 0.25) is 0 Å². The molecule has 4 nitrogen and oxygen atoms in total. The maximum absolute atomic E-state index is 10.9. The number of phenolic OH excluding ortho intramolecular Hbond substituents is 1. The van der Waals surface area contributed by atoms with Crippen LogP contribution in [0, 0.1) is 5.92 Å². The molecule has 0 saturated heterocycles. The van der Waals surface area contributed by atoms with Gasteiger partial charge < -0.3 is 9.99 Å². The molecule has 0 aromatic heterocycles. The van der Waals surface area contributed by atoms with Gasteiger partial charge in [0.1, 0.15) is 5.75 Å². The molecule has 0 heterocycles. The van der Waals surface area contributed by atoms with E-state index in [1.165, 1.54) is 0 Å². The Morgan fingerprint density at radius 3 is 2.71 bits per heavy atom. The van der Waals surface area contributed by atoms with Crippen molar-refractivity contribution in [3.8, 4) is 5.75 Å². The zero-order chi connectivity index (χ0) is 10.6. The number of aromatic hydroxyl groups is 1. The second-order valence-electron chi connectivity index (χ2n) is 3.14. The molecule has 0 aliphatic carbocycles. The monoisotopic (exact) mass is 196 g/mol. The summed E-state index contributed by atoms with van der Waals surface area (Å²) >= 11 is 0. The Labute approximate surface area is 81.7 Å². The van der Waals surface area contributed by atoms with E-state index in [4.69, 9.17) is 5.26 Å². The van der Waals surface area contributed by atoms with Gasteiger partial charge in [-0.25, -0.2) is 4.79 Å². The summed E-state index contributed by atoms with van der Waals surface area (Å²) in [5.41, 5.74) is 0.658. The van der Waals surface area contributed by atoms with Crippen molar-refractivity contribution in [2.75, 3.05) is 0 Å². The van der Waals surface area contributed by atoms with E-state index in [-0.39, 0.29) is 5.75 Å². The Kier molecular flexibility index (Phi) is 3.48. The summed E-state index contributed by atoms with van der Waals surface area (Å²) in [6.07, 6.45) is 0.339. The molecule has 1 unspecified atom stereocenters. The molecule has 0 aliphatic rings. The van der Waals surface area contributed by atoms with E-state index in [2.05, 4.69) is 4.89 Å². The van der Waals surface area contributed by atoms with Gasteiger partial charge in [-0.1, -0.05) is 25.1 Å². The molecule has 1 atom stereocenters. The summed E-state index contributed by atoms with van der Waals surface area (Å²) in [6.45, 7) is 1.62. The lowest BCUT2D eigenvalue weighted by Gasteiger charge is -2.08. The first-order chi connectivity index (χ1) is 6.65. The number of hydrogen-bond acceptors (Lipinski definition) is 4. The van der Waals surface area contributed by atoms with Gasteiger partial charge in [0.05, 0.1) is 5.92 Å². The smallest absolute Gasteiger partial charge is 0.345 e. The lowest BCUT2D eigenvalue weighted by molar-refractivity contribution is -0.238. The molecular weight excluding hydrogens is 184 g/mol. The average molecular weight is 196 g/mol. The Morgan fingerprint density at radius 1 is 1.50 bits per heavy atom. The van der Waals surface area contributed by atoms with Crippen molar-refractivity contribution in [3.63, 3.8) is 0 Å². The number of benzene rings is 1. The SMILES string of the molecule is CC(Cc1ccccc1O)C(=O)OO. The van der Waals surface area contributed by atoms with E-state index in [1.54, 1.807) is 31.2 Å². The van der Waals surface area contributed by atoms with Crippen molar-refractivity contribution in [1.29, 1.82) is 0 Å². The summed E-state index contributed by atoms with van der Waals surface area (Å²) in [6, 6.07) is 6.74. The first-order valence-corrected chi connectivity index (χ1v) is 4.27. The van der Waals surface area contributed by atoms with Gasteiger partial charge >= 0.3 is 5.97 Å². The number of rotatable bonds is 3. The largest absolute Gasteiger partial charge is 0.508 e. The van der Waals surface area contributed by atoms with Crippen LogP contribution in [-0.2, 0) is 16.1 Å². The van der Waals surface area contributed by atoms with Crippen LogP contribution >= 0.6 is 0 Å². The van der Waals surface area contributed by atoms with E-state index in [0.717, 1.165) is 0 Å². The molecule has 4 heteroatoms. The van der Waals surface area contributed by atoms with Crippen molar-refractivity contribution < 1.29 is 20.0 Å². The molecule has 0 amide bonds. The van der Waals surface area contributed by atoms with Crippen molar-refractivity contribution >= 4 is 5.97 Å². The molecule has 1 aromatic carbocycles. The minimum absolute atomic E-state index is 0.144. The number of phenols is 1. The first-order valence-electron chi connectivity index (χ1n) is 4.27. The molecular formula is C10H12O4. The molecule has 14 heavy (non-hydrogen) atoms. The number of para-hydroxylation sites is 1. The molecule has 0 fully saturated rings. The van der Waals surface area contributed by atoms with Crippen LogP contribution in [0.2, 0.25) is 0 Å². The number of carbonyl (C=O) groups excluding carboxylic acids is 1. The molecule has 1 aromatic rings. The van der Waals surface area contributed by atoms with Gasteiger partial charge in [-0.2, -0.15) is 5.26 Å². The predicted molar refractivity (Wildman–Crippen MR) is 49.7 cm³/mol. The summed E-state index contributed by atoms with van der Waals surface area (Å²) in [5, 5.41) is 17.5. The lowest BCUT2D eigenvalue weighted by Crippen LogP contribution is -2.15. The normalized spacial score (nSPS) is 12.1. The van der Waals surface area contributed by atoms with Crippen LogP contribution < -0.4 is 0 Å². The fourth-order valence-electron chi connectivity index (χ4n) is 1.19. The van der Waals surface area contributed by atoms with Gasteiger partial charge in [0.25, 0.3) is 0 Å². The van der Waals surface area contributed by atoms with Crippen LogP contribution in [0.5, 0.6) is 5.75 Å². The van der Waals surface area contributed by atoms with Gasteiger partial charge in [-0.15, -0.1) is 0 Å². The highest BCUT2D eigenvalue weighted by atomic mass is 17.1. The van der Waals surface area contributed by atoms with Gasteiger partial charge in [0.15, 0.2) is 0 Å². The second kappa shape index (κ2) is 4.62. The second-order valence-corrected chi connectivity index (χ2v) is 3.14. The zero-order valence-electron chi connectivity index (χ0n) is 7.80. The Bertz CT molecular complexity index is 322. The Balaban J connectivity index is 2.69. The van der Waals surface area contributed by atoms with Crippen LogP contribution in [-0.4, -0.2) is 16.3 Å². The minimum Gasteiger partial charge on any atom is -0.508 e. The van der Waals surface area contributed by atoms with E-state index in [0.29, 0.717) is 12.0 Å². The summed E-state index contributed by atoms with van der Waals surface area (Å²) < 4.78 is 0. The molecule has 0 bridgehead atoms. The quantitative estimate of drug-likeness (QED) is 0.569. The zero-order valence-corrected chi connectivity index (χ0v) is 7.80. The fraction of sp³-hybridized carbons (Fsp3) is 0.300. The summed E-state index contributed by atoms with van der Waals surface area (Å²) in [4.78, 5) is 14.5. The van der Waals surface area contributed by atoms with E-state index < -0.39 is 11.9 Å². The minimum atomic E-state index is -0.701. The van der Waals surface area contributed by atoms with E-state index in [1.807, 2.05) is 0 Å². The average Bonchev–Trinajstić information content (AvgIpc) is 2.20. The maximum Gasteiger partial charge on any atom is 0.345 e. The topological polar surface area (TPSA) is 66.8 Å². The van der Waals surface area contributed by atoms with Crippen LogP contribution in [0.15, 0.2) is 24.3 Å². The van der Waals surface area contributed by atoms with Crippen LogP contribution in [0.3, 0.4) is 0 Å². The van der Waals surface area contributed by atoms with Crippen LogP contribution in [0.1, 0.15) is 12.5 Å².